The van der Waals surface area contributed by atoms with Gasteiger partial charge in [0.15, 0.2) is 0 Å². The van der Waals surface area contributed by atoms with E-state index in [2.05, 4.69) is 0 Å². The van der Waals surface area contributed by atoms with Gasteiger partial charge in [0, 0.05) is 0 Å². The van der Waals surface area contributed by atoms with E-state index in [1.807, 2.05) is 6.92 Å². The van der Waals surface area contributed by atoms with Gasteiger partial charge in [0.25, 0.3) is 0 Å². The highest BCUT2D eigenvalue weighted by Crippen LogP contribution is 2.38. The summed E-state index contributed by atoms with van der Waals surface area (Å²) in [6.07, 6.45) is -3.32. The number of carbonyl (C=O) groups is 1. The molecular formula is C19H30O9. The molecule has 0 aromatic carbocycles. The molecular weight excluding hydrogens is 372 g/mol. The molecule has 0 amide bonds. The maximum Gasteiger partial charge on any atom is 0.316 e. The van der Waals surface area contributed by atoms with Gasteiger partial charge in [-0.2, -0.15) is 0 Å². The van der Waals surface area contributed by atoms with E-state index >= 15 is 0 Å². The van der Waals surface area contributed by atoms with Crippen LogP contribution in [0.2, 0.25) is 0 Å². The summed E-state index contributed by atoms with van der Waals surface area (Å²) in [7, 11) is 0. The number of ether oxygens (including phenoxy) is 2. The number of esters is 1. The van der Waals surface area contributed by atoms with Crippen molar-refractivity contribution in [2.24, 2.45) is 5.92 Å². The fraction of sp³-hybridized carbons (Fsp3) is 0.737. The summed E-state index contributed by atoms with van der Waals surface area (Å²) < 4.78 is 10.9. The fourth-order valence-electron chi connectivity index (χ4n) is 3.68. The molecule has 9 heteroatoms. The van der Waals surface area contributed by atoms with Gasteiger partial charge in [-0.15, -0.1) is 0 Å². The predicted molar refractivity (Wildman–Crippen MR) is 97.1 cm³/mol. The van der Waals surface area contributed by atoms with Gasteiger partial charge in [0.2, 0.25) is 0 Å². The highest BCUT2D eigenvalue weighted by atomic mass is 16.6. The van der Waals surface area contributed by atoms with Gasteiger partial charge in [-0.1, -0.05) is 13.3 Å². The summed E-state index contributed by atoms with van der Waals surface area (Å²) in [5, 5.41) is 60.8. The zero-order valence-electron chi connectivity index (χ0n) is 16.2. The molecule has 0 spiro atoms. The molecule has 1 fully saturated rings. The van der Waals surface area contributed by atoms with Crippen molar-refractivity contribution in [3.63, 3.8) is 0 Å². The smallest absolute Gasteiger partial charge is 0.316 e. The van der Waals surface area contributed by atoms with Crippen LogP contribution in [0.15, 0.2) is 24.0 Å². The van der Waals surface area contributed by atoms with Crippen molar-refractivity contribution in [3.8, 4) is 0 Å². The Bertz CT molecular complexity index is 627. The molecule has 0 aromatic rings. The Balaban J connectivity index is 2.36. The molecule has 2 unspecified atom stereocenters. The van der Waals surface area contributed by atoms with Crippen LogP contribution in [-0.4, -0.2) is 84.9 Å². The summed E-state index contributed by atoms with van der Waals surface area (Å²) >= 11 is 0. The fourth-order valence-corrected chi connectivity index (χ4v) is 3.68. The monoisotopic (exact) mass is 402 g/mol. The maximum absolute atomic E-state index is 12.8. The Morgan fingerprint density at radius 2 is 1.89 bits per heavy atom. The number of carbonyl (C=O) groups excluding carboxylic acids is 1. The molecule has 1 saturated heterocycles. The van der Waals surface area contributed by atoms with E-state index in [0.717, 1.165) is 24.6 Å². The number of allylic oxidation sites excluding steroid dienone is 1. The minimum Gasteiger partial charge on any atom is -0.508 e. The van der Waals surface area contributed by atoms with Gasteiger partial charge in [-0.25, -0.2) is 0 Å². The van der Waals surface area contributed by atoms with Crippen LogP contribution in [0.1, 0.15) is 33.6 Å². The number of hydrogen-bond acceptors (Lipinski definition) is 9. The van der Waals surface area contributed by atoms with E-state index in [1.165, 1.54) is 0 Å². The normalized spacial score (nSPS) is 38.8. The zero-order chi connectivity index (χ0) is 21.3. The second kappa shape index (κ2) is 8.48. The number of hydrogen-bond donors (Lipinski definition) is 6. The van der Waals surface area contributed by atoms with Crippen LogP contribution in [0.25, 0.3) is 0 Å². The first-order valence-corrected chi connectivity index (χ1v) is 9.32. The molecule has 0 bridgehead atoms. The van der Waals surface area contributed by atoms with Crippen molar-refractivity contribution in [2.75, 3.05) is 6.61 Å². The molecule has 1 aliphatic heterocycles. The third kappa shape index (κ3) is 4.40. The third-order valence-corrected chi connectivity index (χ3v) is 5.19. The van der Waals surface area contributed by atoms with Crippen LogP contribution in [0, 0.1) is 5.92 Å². The highest BCUT2D eigenvalue weighted by molar-refractivity contribution is 5.78. The van der Waals surface area contributed by atoms with Crippen molar-refractivity contribution in [1.82, 2.24) is 0 Å². The van der Waals surface area contributed by atoms with Crippen LogP contribution in [-0.2, 0) is 14.3 Å². The van der Waals surface area contributed by atoms with E-state index in [4.69, 9.17) is 9.47 Å². The first kappa shape index (κ1) is 22.8. The summed E-state index contributed by atoms with van der Waals surface area (Å²) in [4.78, 5) is 12.8. The van der Waals surface area contributed by atoms with Crippen molar-refractivity contribution in [1.29, 1.82) is 0 Å². The number of rotatable bonds is 6. The van der Waals surface area contributed by atoms with Crippen LogP contribution in [0.3, 0.4) is 0 Å². The molecule has 7 atom stereocenters. The van der Waals surface area contributed by atoms with Crippen LogP contribution in [0.5, 0.6) is 0 Å². The maximum atomic E-state index is 12.8. The summed E-state index contributed by atoms with van der Waals surface area (Å²) in [6, 6.07) is 0. The van der Waals surface area contributed by atoms with Gasteiger partial charge in [0.05, 0.1) is 6.61 Å². The van der Waals surface area contributed by atoms with Gasteiger partial charge >= 0.3 is 5.97 Å². The average molecular weight is 402 g/mol. The SMILES string of the molecule is CCCC(C)(C)OC(=O)C1C=C(O)C=CC1(O)[C@@H]1O[C@H](CO)[C@@H](O)[C@H](O)[C@H]1O. The summed E-state index contributed by atoms with van der Waals surface area (Å²) in [6.45, 7) is 4.67. The Labute approximate surface area is 163 Å². The van der Waals surface area contributed by atoms with Gasteiger partial charge in [-0.3, -0.25) is 4.79 Å². The van der Waals surface area contributed by atoms with Crippen molar-refractivity contribution in [2.45, 2.75) is 75.3 Å². The molecule has 6 N–H and O–H groups in total. The van der Waals surface area contributed by atoms with E-state index < -0.39 is 60.2 Å². The molecule has 0 saturated carbocycles. The second-order valence-corrected chi connectivity index (χ2v) is 7.97. The molecule has 0 radical (unpaired) electrons. The molecule has 28 heavy (non-hydrogen) atoms. The van der Waals surface area contributed by atoms with E-state index in [-0.39, 0.29) is 5.76 Å². The van der Waals surface area contributed by atoms with Crippen LogP contribution in [0.4, 0.5) is 0 Å². The largest absolute Gasteiger partial charge is 0.508 e. The average Bonchev–Trinajstić information content (AvgIpc) is 2.61. The first-order chi connectivity index (χ1) is 13.0. The second-order valence-electron chi connectivity index (χ2n) is 7.97. The molecule has 2 rings (SSSR count). The summed E-state index contributed by atoms with van der Waals surface area (Å²) in [5.41, 5.74) is -3.02. The third-order valence-electron chi connectivity index (χ3n) is 5.19. The molecule has 1 aliphatic carbocycles. The lowest BCUT2D eigenvalue weighted by molar-refractivity contribution is -0.268. The molecule has 0 aromatic heterocycles. The topological polar surface area (TPSA) is 157 Å². The molecule has 1 heterocycles. The quantitative estimate of drug-likeness (QED) is 0.316. The van der Waals surface area contributed by atoms with Gasteiger partial charge in [-0.05, 0) is 38.5 Å². The first-order valence-electron chi connectivity index (χ1n) is 9.32. The van der Waals surface area contributed by atoms with Gasteiger partial charge in [0.1, 0.15) is 53.4 Å². The van der Waals surface area contributed by atoms with E-state index in [1.54, 1.807) is 13.8 Å². The minimum absolute atomic E-state index is 0.287. The highest BCUT2D eigenvalue weighted by Gasteiger charge is 2.57. The van der Waals surface area contributed by atoms with E-state index in [0.29, 0.717) is 6.42 Å². The lowest BCUT2D eigenvalue weighted by atomic mass is 9.74. The van der Waals surface area contributed by atoms with Crippen LogP contribution >= 0.6 is 0 Å². The van der Waals surface area contributed by atoms with Gasteiger partial charge < -0.3 is 40.1 Å². The zero-order valence-corrected chi connectivity index (χ0v) is 16.2. The van der Waals surface area contributed by atoms with E-state index in [9.17, 15) is 35.4 Å². The lowest BCUT2D eigenvalue weighted by Gasteiger charge is -2.48. The Kier molecular flexibility index (Phi) is 6.90. The molecule has 2 aliphatic rings. The van der Waals surface area contributed by atoms with Crippen LogP contribution < -0.4 is 0 Å². The van der Waals surface area contributed by atoms with Crippen molar-refractivity contribution in [3.05, 3.63) is 24.0 Å². The number of aliphatic hydroxyl groups excluding tert-OH is 5. The Morgan fingerprint density at radius 3 is 2.46 bits per heavy atom. The summed E-state index contributed by atoms with van der Waals surface area (Å²) in [5.74, 6) is -2.59. The molecule has 160 valence electrons. The molecule has 9 nitrogen and oxygen atoms in total. The van der Waals surface area contributed by atoms with Crippen molar-refractivity contribution >= 4 is 5.97 Å². The minimum atomic E-state index is -2.19. The standard InChI is InChI=1S/C19H30O9/c1-4-6-18(2,3)28-17(25)11-8-10(21)5-7-19(11,26)16-15(24)14(23)13(22)12(9-20)27-16/h5,7-8,11-16,20-24,26H,4,6,9H2,1-3H3/t11?,12-,13-,14+,15-,16-,19?/m1/s1. The lowest BCUT2D eigenvalue weighted by Crippen LogP contribution is -2.67. The Hall–Kier alpha value is -1.49. The Morgan fingerprint density at radius 1 is 1.25 bits per heavy atom. The van der Waals surface area contributed by atoms with Crippen molar-refractivity contribution < 1.29 is 44.9 Å². The number of aliphatic hydroxyl groups is 6. The predicted octanol–water partition coefficient (Wildman–Crippen LogP) is -0.690.